The second-order valence-electron chi connectivity index (χ2n) is 5.48. The third-order valence-electron chi connectivity index (χ3n) is 4.08. The fourth-order valence-corrected chi connectivity index (χ4v) is 2.97. The maximum atomic E-state index is 10.9. The molecule has 0 aliphatic heterocycles. The molecule has 110 valence electrons. The van der Waals surface area contributed by atoms with Crippen LogP contribution in [0.15, 0.2) is 41.0 Å². The van der Waals surface area contributed by atoms with Crippen molar-refractivity contribution in [3.63, 3.8) is 0 Å². The lowest BCUT2D eigenvalue weighted by Crippen LogP contribution is -2.27. The summed E-state index contributed by atoms with van der Waals surface area (Å²) in [5.74, 6) is 1.06. The largest absolute Gasteiger partial charge is 0.469 e. The summed E-state index contributed by atoms with van der Waals surface area (Å²) in [6.07, 6.45) is 4.89. The molecule has 1 aliphatic rings. The van der Waals surface area contributed by atoms with Gasteiger partial charge in [-0.25, -0.2) is 0 Å². The Labute approximate surface area is 123 Å². The van der Waals surface area contributed by atoms with Crippen LogP contribution < -0.4 is 5.32 Å². The van der Waals surface area contributed by atoms with Crippen molar-refractivity contribution in [3.8, 4) is 0 Å². The van der Waals surface area contributed by atoms with Gasteiger partial charge in [-0.1, -0.05) is 12.1 Å². The molecule has 1 heterocycles. The van der Waals surface area contributed by atoms with Crippen LogP contribution in [0.5, 0.6) is 0 Å². The molecule has 1 aromatic heterocycles. The molecule has 0 spiro atoms. The quantitative estimate of drug-likeness (QED) is 0.683. The van der Waals surface area contributed by atoms with Gasteiger partial charge in [0.2, 0.25) is 0 Å². The average molecular weight is 286 g/mol. The summed E-state index contributed by atoms with van der Waals surface area (Å²) in [5, 5.41) is 14.4. The van der Waals surface area contributed by atoms with Gasteiger partial charge in [-0.05, 0) is 31.4 Å². The Hall–Kier alpha value is -2.14. The standard InChI is InChI=1S/C16H18N2O3/c1-11(12-4-2-5-13(10-12)18(19)20)17-15-6-3-7-16-14(15)8-9-21-16/h2,4-5,8-11,15,17H,3,6-7H2,1H3. The molecule has 0 bridgehead atoms. The average Bonchev–Trinajstić information content (AvgIpc) is 2.97. The number of benzene rings is 1. The van der Waals surface area contributed by atoms with Gasteiger partial charge in [0.05, 0.1) is 11.2 Å². The smallest absolute Gasteiger partial charge is 0.269 e. The van der Waals surface area contributed by atoms with E-state index in [1.165, 1.54) is 11.6 Å². The summed E-state index contributed by atoms with van der Waals surface area (Å²) in [7, 11) is 0. The summed E-state index contributed by atoms with van der Waals surface area (Å²) in [6.45, 7) is 2.04. The Balaban J connectivity index is 1.77. The first kappa shape index (κ1) is 13.8. The molecule has 5 nitrogen and oxygen atoms in total. The number of nitrogens with one attached hydrogen (secondary N) is 1. The van der Waals surface area contributed by atoms with Crippen molar-refractivity contribution < 1.29 is 9.34 Å². The number of furan rings is 1. The van der Waals surface area contributed by atoms with Crippen LogP contribution in [0.2, 0.25) is 0 Å². The second-order valence-corrected chi connectivity index (χ2v) is 5.48. The lowest BCUT2D eigenvalue weighted by atomic mass is 9.92. The molecule has 0 saturated heterocycles. The highest BCUT2D eigenvalue weighted by molar-refractivity contribution is 5.36. The van der Waals surface area contributed by atoms with E-state index in [0.717, 1.165) is 30.6 Å². The highest BCUT2D eigenvalue weighted by Gasteiger charge is 2.24. The number of hydrogen-bond acceptors (Lipinski definition) is 4. The third kappa shape index (κ3) is 2.83. The molecule has 2 atom stereocenters. The minimum atomic E-state index is -0.356. The van der Waals surface area contributed by atoms with Crippen LogP contribution in [0, 0.1) is 10.1 Å². The van der Waals surface area contributed by atoms with Crippen LogP contribution in [0.3, 0.4) is 0 Å². The number of nitrogens with zero attached hydrogens (tertiary/aromatic N) is 1. The fraction of sp³-hybridized carbons (Fsp3) is 0.375. The summed E-state index contributed by atoms with van der Waals surface area (Å²) < 4.78 is 5.49. The summed E-state index contributed by atoms with van der Waals surface area (Å²) in [4.78, 5) is 10.5. The molecule has 0 saturated carbocycles. The van der Waals surface area contributed by atoms with Gasteiger partial charge in [0.1, 0.15) is 5.76 Å². The highest BCUT2D eigenvalue weighted by atomic mass is 16.6. The van der Waals surface area contributed by atoms with E-state index in [1.54, 1.807) is 18.4 Å². The van der Waals surface area contributed by atoms with Gasteiger partial charge in [0.25, 0.3) is 5.69 Å². The molecule has 0 fully saturated rings. The molecule has 21 heavy (non-hydrogen) atoms. The number of aryl methyl sites for hydroxylation is 1. The first-order chi connectivity index (χ1) is 10.1. The number of hydrogen-bond donors (Lipinski definition) is 1. The molecule has 1 aliphatic carbocycles. The Morgan fingerprint density at radius 3 is 3.10 bits per heavy atom. The fourth-order valence-electron chi connectivity index (χ4n) is 2.97. The van der Waals surface area contributed by atoms with Crippen molar-refractivity contribution in [1.82, 2.24) is 5.32 Å². The summed E-state index contributed by atoms with van der Waals surface area (Å²) in [5.41, 5.74) is 2.28. The van der Waals surface area contributed by atoms with Crippen molar-refractivity contribution in [2.24, 2.45) is 0 Å². The van der Waals surface area contributed by atoms with Crippen LogP contribution in [0.4, 0.5) is 5.69 Å². The molecule has 0 amide bonds. The van der Waals surface area contributed by atoms with E-state index in [9.17, 15) is 10.1 Å². The van der Waals surface area contributed by atoms with Gasteiger partial charge < -0.3 is 9.73 Å². The van der Waals surface area contributed by atoms with Crippen molar-refractivity contribution in [2.75, 3.05) is 0 Å². The number of nitro groups is 1. The molecular weight excluding hydrogens is 268 g/mol. The molecule has 1 aromatic carbocycles. The van der Waals surface area contributed by atoms with E-state index in [1.807, 2.05) is 19.1 Å². The zero-order valence-corrected chi connectivity index (χ0v) is 11.9. The minimum Gasteiger partial charge on any atom is -0.469 e. The Kier molecular flexibility index (Phi) is 3.75. The SMILES string of the molecule is CC(NC1CCCc2occc21)c1cccc([N+](=O)[O-])c1. The van der Waals surface area contributed by atoms with Crippen molar-refractivity contribution >= 4 is 5.69 Å². The van der Waals surface area contributed by atoms with Gasteiger partial charge in [0, 0.05) is 36.2 Å². The van der Waals surface area contributed by atoms with E-state index >= 15 is 0 Å². The van der Waals surface area contributed by atoms with Gasteiger partial charge in [-0.15, -0.1) is 0 Å². The number of fused-ring (bicyclic) bond motifs is 1. The van der Waals surface area contributed by atoms with E-state index in [2.05, 4.69) is 5.32 Å². The third-order valence-corrected chi connectivity index (χ3v) is 4.08. The van der Waals surface area contributed by atoms with E-state index in [0.29, 0.717) is 0 Å². The Morgan fingerprint density at radius 1 is 1.43 bits per heavy atom. The molecule has 0 radical (unpaired) electrons. The van der Waals surface area contributed by atoms with Crippen molar-refractivity contribution in [1.29, 1.82) is 0 Å². The molecular formula is C16H18N2O3. The lowest BCUT2D eigenvalue weighted by molar-refractivity contribution is -0.384. The monoisotopic (exact) mass is 286 g/mol. The zero-order valence-electron chi connectivity index (χ0n) is 11.9. The maximum absolute atomic E-state index is 10.9. The number of rotatable bonds is 4. The van der Waals surface area contributed by atoms with E-state index < -0.39 is 0 Å². The first-order valence-corrected chi connectivity index (χ1v) is 7.22. The number of nitro benzene ring substituents is 1. The summed E-state index contributed by atoms with van der Waals surface area (Å²) in [6, 6.07) is 9.13. The van der Waals surface area contributed by atoms with Crippen LogP contribution >= 0.6 is 0 Å². The van der Waals surface area contributed by atoms with Gasteiger partial charge in [-0.3, -0.25) is 10.1 Å². The van der Waals surface area contributed by atoms with E-state index in [4.69, 9.17) is 4.42 Å². The molecule has 1 N–H and O–H groups in total. The van der Waals surface area contributed by atoms with Gasteiger partial charge in [-0.2, -0.15) is 0 Å². The molecule has 2 unspecified atom stereocenters. The molecule has 2 aromatic rings. The normalized spacial score (nSPS) is 19.0. The zero-order chi connectivity index (χ0) is 14.8. The van der Waals surface area contributed by atoms with Gasteiger partial charge in [0.15, 0.2) is 0 Å². The Bertz CT molecular complexity index is 650. The topological polar surface area (TPSA) is 68.3 Å². The van der Waals surface area contributed by atoms with Crippen LogP contribution in [0.1, 0.15) is 48.7 Å². The van der Waals surface area contributed by atoms with Crippen molar-refractivity contribution in [3.05, 3.63) is 63.6 Å². The second kappa shape index (κ2) is 5.69. The van der Waals surface area contributed by atoms with Gasteiger partial charge >= 0.3 is 0 Å². The van der Waals surface area contributed by atoms with Crippen LogP contribution in [-0.2, 0) is 6.42 Å². The molecule has 5 heteroatoms. The maximum Gasteiger partial charge on any atom is 0.269 e. The van der Waals surface area contributed by atoms with Crippen molar-refractivity contribution in [2.45, 2.75) is 38.3 Å². The number of non-ortho nitro benzene ring substituents is 1. The summed E-state index contributed by atoms with van der Waals surface area (Å²) >= 11 is 0. The Morgan fingerprint density at radius 2 is 2.29 bits per heavy atom. The minimum absolute atomic E-state index is 0.0516. The predicted octanol–water partition coefficient (Wildman–Crippen LogP) is 3.92. The van der Waals surface area contributed by atoms with E-state index in [-0.39, 0.29) is 22.7 Å². The predicted molar refractivity (Wildman–Crippen MR) is 79.0 cm³/mol. The lowest BCUT2D eigenvalue weighted by Gasteiger charge is -2.26. The highest BCUT2D eigenvalue weighted by Crippen LogP contribution is 2.32. The van der Waals surface area contributed by atoms with Crippen LogP contribution in [0.25, 0.3) is 0 Å². The molecule has 3 rings (SSSR count). The first-order valence-electron chi connectivity index (χ1n) is 7.22. The van der Waals surface area contributed by atoms with Crippen LogP contribution in [-0.4, -0.2) is 4.92 Å².